The van der Waals surface area contributed by atoms with Gasteiger partial charge in [-0.3, -0.25) is 4.79 Å². The fourth-order valence-electron chi connectivity index (χ4n) is 4.21. The summed E-state index contributed by atoms with van der Waals surface area (Å²) < 4.78 is 0. The number of allylic oxidation sites excluding steroid dienone is 2. The molecule has 5 heteroatoms. The van der Waals surface area contributed by atoms with Crippen LogP contribution in [0.2, 0.25) is 10.0 Å². The maximum atomic E-state index is 12.8. The molecule has 1 aliphatic carbocycles. The van der Waals surface area contributed by atoms with Gasteiger partial charge in [0.1, 0.15) is 0 Å². The van der Waals surface area contributed by atoms with E-state index in [1.807, 2.05) is 38.1 Å². The van der Waals surface area contributed by atoms with Crippen molar-refractivity contribution < 1.29 is 4.79 Å². The number of carbonyl (C=O) groups is 1. The van der Waals surface area contributed by atoms with E-state index in [2.05, 4.69) is 28.9 Å². The Balaban J connectivity index is 1.80. The molecule has 0 saturated carbocycles. The van der Waals surface area contributed by atoms with E-state index in [4.69, 9.17) is 23.2 Å². The van der Waals surface area contributed by atoms with Crippen LogP contribution in [0.4, 0.5) is 5.69 Å². The minimum atomic E-state index is -0.0595. The first-order valence-corrected chi connectivity index (χ1v) is 10.0. The summed E-state index contributed by atoms with van der Waals surface area (Å²) in [5.41, 5.74) is 3.77. The van der Waals surface area contributed by atoms with Gasteiger partial charge in [-0.15, -0.1) is 0 Å². The van der Waals surface area contributed by atoms with Crippen molar-refractivity contribution in [3.05, 3.63) is 75.3 Å². The molecule has 0 fully saturated rings. The molecule has 2 aromatic carbocycles. The van der Waals surface area contributed by atoms with Gasteiger partial charge in [0.05, 0.1) is 17.3 Å². The molecule has 1 heterocycles. The van der Waals surface area contributed by atoms with Gasteiger partial charge in [0.15, 0.2) is 0 Å². The van der Waals surface area contributed by atoms with Crippen LogP contribution >= 0.6 is 23.2 Å². The quantitative estimate of drug-likeness (QED) is 0.624. The molecule has 1 amide bonds. The fourth-order valence-corrected chi connectivity index (χ4v) is 4.74. The first kappa shape index (κ1) is 18.4. The molecule has 1 aliphatic heterocycles. The van der Waals surface area contributed by atoms with Crippen molar-refractivity contribution in [2.45, 2.75) is 38.3 Å². The van der Waals surface area contributed by atoms with Crippen molar-refractivity contribution in [1.29, 1.82) is 0 Å². The number of rotatable bonds is 3. The Morgan fingerprint density at radius 2 is 2.00 bits per heavy atom. The molecule has 0 bridgehead atoms. The first-order valence-electron chi connectivity index (χ1n) is 9.27. The van der Waals surface area contributed by atoms with Crippen molar-refractivity contribution in [3.63, 3.8) is 0 Å². The highest BCUT2D eigenvalue weighted by atomic mass is 35.5. The third kappa shape index (κ3) is 3.35. The van der Waals surface area contributed by atoms with Gasteiger partial charge in [0.25, 0.3) is 5.91 Å². The van der Waals surface area contributed by atoms with Crippen LogP contribution in [0.5, 0.6) is 0 Å². The third-order valence-corrected chi connectivity index (χ3v) is 5.92. The van der Waals surface area contributed by atoms with Gasteiger partial charge in [-0.1, -0.05) is 53.6 Å². The zero-order chi connectivity index (χ0) is 19.1. The lowest BCUT2D eigenvalue weighted by Gasteiger charge is -2.38. The molecule has 3 unspecified atom stereocenters. The average Bonchev–Trinajstić information content (AvgIpc) is 3.10. The van der Waals surface area contributed by atoms with Gasteiger partial charge in [-0.25, -0.2) is 0 Å². The predicted octanol–water partition coefficient (Wildman–Crippen LogP) is 5.96. The molecule has 2 aliphatic rings. The molecule has 0 saturated heterocycles. The zero-order valence-corrected chi connectivity index (χ0v) is 16.8. The highest BCUT2D eigenvalue weighted by Gasteiger charge is 2.39. The van der Waals surface area contributed by atoms with E-state index >= 15 is 0 Å². The van der Waals surface area contributed by atoms with Gasteiger partial charge in [-0.2, -0.15) is 0 Å². The number of nitrogens with one attached hydrogen (secondary N) is 2. The van der Waals surface area contributed by atoms with E-state index in [1.54, 1.807) is 6.07 Å². The van der Waals surface area contributed by atoms with Crippen LogP contribution in [-0.4, -0.2) is 11.9 Å². The van der Waals surface area contributed by atoms with Gasteiger partial charge < -0.3 is 10.6 Å². The lowest BCUT2D eigenvalue weighted by atomic mass is 9.76. The molecular formula is C22H22Cl2N2O. The van der Waals surface area contributed by atoms with E-state index < -0.39 is 0 Å². The number of halogens is 2. The highest BCUT2D eigenvalue weighted by Crippen LogP contribution is 2.51. The van der Waals surface area contributed by atoms with Gasteiger partial charge in [-0.05, 0) is 55.5 Å². The van der Waals surface area contributed by atoms with E-state index in [9.17, 15) is 4.79 Å². The van der Waals surface area contributed by atoms with Crippen LogP contribution in [0.15, 0.2) is 48.6 Å². The minimum absolute atomic E-state index is 0.0234. The molecule has 140 valence electrons. The molecule has 4 rings (SSSR count). The Labute approximate surface area is 169 Å². The summed E-state index contributed by atoms with van der Waals surface area (Å²) in [4.78, 5) is 12.8. The Bertz CT molecular complexity index is 923. The minimum Gasteiger partial charge on any atom is -0.377 e. The van der Waals surface area contributed by atoms with Crippen molar-refractivity contribution in [2.24, 2.45) is 5.92 Å². The summed E-state index contributed by atoms with van der Waals surface area (Å²) in [6.07, 6.45) is 5.46. The molecular weight excluding hydrogens is 379 g/mol. The van der Waals surface area contributed by atoms with E-state index in [0.717, 1.165) is 17.7 Å². The summed E-state index contributed by atoms with van der Waals surface area (Å²) in [6, 6.07) is 11.7. The second kappa shape index (κ2) is 7.21. The van der Waals surface area contributed by atoms with Gasteiger partial charge >= 0.3 is 0 Å². The molecule has 27 heavy (non-hydrogen) atoms. The van der Waals surface area contributed by atoms with Crippen molar-refractivity contribution in [3.8, 4) is 0 Å². The smallest absolute Gasteiger partial charge is 0.253 e. The highest BCUT2D eigenvalue weighted by molar-refractivity contribution is 6.35. The number of benzene rings is 2. The number of amides is 1. The predicted molar refractivity (Wildman–Crippen MR) is 112 cm³/mol. The van der Waals surface area contributed by atoms with E-state index in [1.165, 1.54) is 5.56 Å². The standard InChI is InChI=1S/C22H22Cl2N2O/c1-12(2)25-22(27)18-8-4-7-16-14-5-3-6-15(14)20(26-21(16)18)17-10-9-13(23)11-19(17)24/h3-5,7-12,14-15,20,26H,6H2,1-2H3,(H,25,27). The molecule has 2 aromatic rings. The number of hydrogen-bond donors (Lipinski definition) is 2. The summed E-state index contributed by atoms with van der Waals surface area (Å²) in [6.45, 7) is 3.93. The lowest BCUT2D eigenvalue weighted by Crippen LogP contribution is -2.34. The Hall–Kier alpha value is -1.97. The maximum Gasteiger partial charge on any atom is 0.253 e. The number of carbonyl (C=O) groups excluding carboxylic acids is 1. The van der Waals surface area contributed by atoms with E-state index in [-0.39, 0.29) is 23.9 Å². The van der Waals surface area contributed by atoms with Gasteiger partial charge in [0, 0.05) is 22.0 Å². The molecule has 3 nitrogen and oxygen atoms in total. The van der Waals surface area contributed by atoms with E-state index in [0.29, 0.717) is 21.5 Å². The topological polar surface area (TPSA) is 41.1 Å². The molecule has 0 radical (unpaired) electrons. The molecule has 3 atom stereocenters. The Kier molecular flexibility index (Phi) is 4.92. The number of anilines is 1. The SMILES string of the molecule is CC(C)NC(=O)c1cccc2c1NC(c1ccc(Cl)cc1Cl)C1CC=CC21. The van der Waals surface area contributed by atoms with Crippen molar-refractivity contribution in [2.75, 3.05) is 5.32 Å². The second-order valence-electron chi connectivity index (χ2n) is 7.54. The van der Waals surface area contributed by atoms with Crippen LogP contribution < -0.4 is 10.6 Å². The number of para-hydroxylation sites is 1. The Morgan fingerprint density at radius 1 is 1.19 bits per heavy atom. The fraction of sp³-hybridized carbons (Fsp3) is 0.318. The largest absolute Gasteiger partial charge is 0.377 e. The zero-order valence-electron chi connectivity index (χ0n) is 15.3. The summed E-state index contributed by atoms with van der Waals surface area (Å²) in [5.74, 6) is 0.570. The average molecular weight is 401 g/mol. The summed E-state index contributed by atoms with van der Waals surface area (Å²) in [5, 5.41) is 7.92. The molecule has 0 aromatic heterocycles. The van der Waals surface area contributed by atoms with Crippen LogP contribution in [0.1, 0.15) is 53.7 Å². The Morgan fingerprint density at radius 3 is 2.74 bits per heavy atom. The molecule has 2 N–H and O–H groups in total. The molecule has 0 spiro atoms. The normalized spacial score (nSPS) is 22.9. The van der Waals surface area contributed by atoms with Crippen molar-refractivity contribution >= 4 is 34.8 Å². The van der Waals surface area contributed by atoms with Crippen LogP contribution in [0.25, 0.3) is 0 Å². The number of fused-ring (bicyclic) bond motifs is 3. The maximum absolute atomic E-state index is 12.8. The van der Waals surface area contributed by atoms with Gasteiger partial charge in [0.2, 0.25) is 0 Å². The van der Waals surface area contributed by atoms with Crippen LogP contribution in [0.3, 0.4) is 0 Å². The van der Waals surface area contributed by atoms with Crippen LogP contribution in [-0.2, 0) is 0 Å². The lowest BCUT2D eigenvalue weighted by molar-refractivity contribution is 0.0943. The van der Waals surface area contributed by atoms with Crippen LogP contribution in [0, 0.1) is 5.92 Å². The monoisotopic (exact) mass is 400 g/mol. The van der Waals surface area contributed by atoms with Crippen molar-refractivity contribution in [1.82, 2.24) is 5.32 Å². The summed E-state index contributed by atoms with van der Waals surface area (Å²) in [7, 11) is 0. The summed E-state index contributed by atoms with van der Waals surface area (Å²) >= 11 is 12.6. The first-order chi connectivity index (χ1) is 13.0. The number of hydrogen-bond acceptors (Lipinski definition) is 2. The second-order valence-corrected chi connectivity index (χ2v) is 8.38. The third-order valence-electron chi connectivity index (χ3n) is 5.36.